The third-order valence-corrected chi connectivity index (χ3v) is 3.42. The van der Waals surface area contributed by atoms with Gasteiger partial charge in [-0.3, -0.25) is 4.79 Å². The Hall–Kier alpha value is -0.580. The molecule has 0 aliphatic heterocycles. The van der Waals surface area contributed by atoms with E-state index in [9.17, 15) is 4.79 Å². The van der Waals surface area contributed by atoms with Crippen LogP contribution in [-0.4, -0.2) is 31.4 Å². The zero-order valence-electron chi connectivity index (χ0n) is 10.7. The monoisotopic (exact) mass is 276 g/mol. The molecule has 0 saturated heterocycles. The number of hydrogen-bond acceptors (Lipinski definition) is 3. The van der Waals surface area contributed by atoms with E-state index in [0.717, 1.165) is 19.5 Å². The number of hydrogen-bond donors (Lipinski definition) is 1. The fraction of sp³-hybridized carbons (Fsp3) is 0.583. The van der Waals surface area contributed by atoms with Gasteiger partial charge in [-0.25, -0.2) is 0 Å². The second-order valence-electron chi connectivity index (χ2n) is 3.97. The lowest BCUT2D eigenvalue weighted by Gasteiger charge is -2.16. The molecule has 0 spiro atoms. The molecule has 17 heavy (non-hydrogen) atoms. The van der Waals surface area contributed by atoms with Crippen LogP contribution >= 0.6 is 23.7 Å². The summed E-state index contributed by atoms with van der Waals surface area (Å²) in [7, 11) is 3.78. The molecule has 98 valence electrons. The van der Waals surface area contributed by atoms with E-state index in [4.69, 9.17) is 0 Å². The first-order valence-electron chi connectivity index (χ1n) is 5.57. The van der Waals surface area contributed by atoms with Gasteiger partial charge in [-0.15, -0.1) is 23.7 Å². The Kier molecular flexibility index (Phi) is 8.21. The Morgan fingerprint density at radius 1 is 1.47 bits per heavy atom. The van der Waals surface area contributed by atoms with Gasteiger partial charge in [-0.05, 0) is 39.1 Å². The minimum Gasteiger partial charge on any atom is -0.341 e. The quantitative estimate of drug-likeness (QED) is 0.810. The van der Waals surface area contributed by atoms with Gasteiger partial charge in [-0.2, -0.15) is 0 Å². The molecule has 0 saturated carbocycles. The van der Waals surface area contributed by atoms with E-state index < -0.39 is 0 Å². The van der Waals surface area contributed by atoms with Crippen LogP contribution in [-0.2, 0) is 11.3 Å². The normalized spacial score (nSPS) is 9.82. The lowest BCUT2D eigenvalue weighted by molar-refractivity contribution is -0.130. The van der Waals surface area contributed by atoms with E-state index in [-0.39, 0.29) is 18.3 Å². The van der Waals surface area contributed by atoms with Gasteiger partial charge in [0.15, 0.2) is 0 Å². The van der Waals surface area contributed by atoms with Gasteiger partial charge in [0.1, 0.15) is 0 Å². The number of halogens is 1. The molecule has 0 unspecified atom stereocenters. The van der Waals surface area contributed by atoms with Gasteiger partial charge in [0.2, 0.25) is 5.91 Å². The smallest absolute Gasteiger partial charge is 0.222 e. The van der Waals surface area contributed by atoms with Crippen LogP contribution in [0.2, 0.25) is 0 Å². The number of carbonyl (C=O) groups is 1. The zero-order valence-corrected chi connectivity index (χ0v) is 12.3. The Bertz CT molecular complexity index is 341. The van der Waals surface area contributed by atoms with Crippen molar-refractivity contribution in [3.63, 3.8) is 0 Å². The van der Waals surface area contributed by atoms with E-state index in [1.54, 1.807) is 16.2 Å². The van der Waals surface area contributed by atoms with E-state index >= 15 is 0 Å². The van der Waals surface area contributed by atoms with Gasteiger partial charge in [0.05, 0.1) is 6.54 Å². The molecule has 1 aromatic heterocycles. The molecule has 0 aromatic carbocycles. The van der Waals surface area contributed by atoms with Gasteiger partial charge >= 0.3 is 0 Å². The topological polar surface area (TPSA) is 32.3 Å². The highest BCUT2D eigenvalue weighted by molar-refractivity contribution is 7.11. The summed E-state index contributed by atoms with van der Waals surface area (Å²) < 4.78 is 0. The minimum atomic E-state index is 0. The molecule has 0 bridgehead atoms. The number of aryl methyl sites for hydroxylation is 1. The van der Waals surface area contributed by atoms with Crippen LogP contribution in [0.3, 0.4) is 0 Å². The van der Waals surface area contributed by atoms with E-state index in [0.29, 0.717) is 6.42 Å². The highest BCUT2D eigenvalue weighted by Gasteiger charge is 2.09. The molecular formula is C12H21ClN2OS. The first-order valence-corrected chi connectivity index (χ1v) is 6.39. The van der Waals surface area contributed by atoms with Crippen LogP contribution in [0.5, 0.6) is 0 Å². The molecule has 1 N–H and O–H groups in total. The average molecular weight is 277 g/mol. The standard InChI is InChI=1S/C12H20N2OS.ClH/c1-10-6-7-11(16-10)9-14(3)12(15)5-4-8-13-2;/h6-7,13H,4-5,8-9H2,1-3H3;1H. The van der Waals surface area contributed by atoms with Crippen LogP contribution in [0, 0.1) is 6.92 Å². The van der Waals surface area contributed by atoms with Crippen LogP contribution < -0.4 is 5.32 Å². The number of carbonyl (C=O) groups excluding carboxylic acids is 1. The molecule has 1 amide bonds. The fourth-order valence-corrected chi connectivity index (χ4v) is 2.44. The van der Waals surface area contributed by atoms with Crippen molar-refractivity contribution < 1.29 is 4.79 Å². The summed E-state index contributed by atoms with van der Waals surface area (Å²) in [6, 6.07) is 4.19. The first kappa shape index (κ1) is 16.4. The van der Waals surface area contributed by atoms with Crippen molar-refractivity contribution >= 4 is 29.7 Å². The van der Waals surface area contributed by atoms with E-state index in [1.807, 2.05) is 14.1 Å². The number of nitrogens with zero attached hydrogens (tertiary/aromatic N) is 1. The predicted octanol–water partition coefficient (Wildman–Crippen LogP) is 2.44. The van der Waals surface area contributed by atoms with Crippen molar-refractivity contribution in [2.24, 2.45) is 0 Å². The second-order valence-corrected chi connectivity index (χ2v) is 5.34. The molecule has 0 atom stereocenters. The number of thiophene rings is 1. The van der Waals surface area contributed by atoms with Crippen molar-refractivity contribution in [2.45, 2.75) is 26.3 Å². The Labute approximate surface area is 114 Å². The van der Waals surface area contributed by atoms with Crippen molar-refractivity contribution in [3.8, 4) is 0 Å². The maximum atomic E-state index is 11.7. The average Bonchev–Trinajstić information content (AvgIpc) is 2.64. The van der Waals surface area contributed by atoms with Crippen molar-refractivity contribution in [1.29, 1.82) is 0 Å². The van der Waals surface area contributed by atoms with Crippen molar-refractivity contribution in [1.82, 2.24) is 10.2 Å². The molecule has 1 rings (SSSR count). The number of rotatable bonds is 6. The van der Waals surface area contributed by atoms with Gasteiger partial charge < -0.3 is 10.2 Å². The summed E-state index contributed by atoms with van der Waals surface area (Å²) in [5.74, 6) is 0.223. The third kappa shape index (κ3) is 6.05. The van der Waals surface area contributed by atoms with Crippen molar-refractivity contribution in [3.05, 3.63) is 21.9 Å². The molecule has 0 fully saturated rings. The summed E-state index contributed by atoms with van der Waals surface area (Å²) in [5.41, 5.74) is 0. The maximum Gasteiger partial charge on any atom is 0.222 e. The predicted molar refractivity (Wildman–Crippen MR) is 75.9 cm³/mol. The maximum absolute atomic E-state index is 11.7. The van der Waals surface area contributed by atoms with Gasteiger partial charge in [0.25, 0.3) is 0 Å². The Morgan fingerprint density at radius 3 is 2.71 bits per heavy atom. The summed E-state index contributed by atoms with van der Waals surface area (Å²) in [6.07, 6.45) is 1.53. The molecule has 5 heteroatoms. The van der Waals surface area contributed by atoms with Crippen LogP contribution in [0.15, 0.2) is 12.1 Å². The molecule has 3 nitrogen and oxygen atoms in total. The fourth-order valence-electron chi connectivity index (χ4n) is 1.50. The summed E-state index contributed by atoms with van der Waals surface area (Å²) in [5, 5.41) is 3.05. The number of nitrogens with one attached hydrogen (secondary N) is 1. The summed E-state index contributed by atoms with van der Waals surface area (Å²) in [4.78, 5) is 16.1. The highest BCUT2D eigenvalue weighted by atomic mass is 35.5. The summed E-state index contributed by atoms with van der Waals surface area (Å²) >= 11 is 1.76. The molecule has 0 aliphatic carbocycles. The Morgan fingerprint density at radius 2 is 2.18 bits per heavy atom. The van der Waals surface area contributed by atoms with Crippen LogP contribution in [0.25, 0.3) is 0 Å². The van der Waals surface area contributed by atoms with Crippen LogP contribution in [0.1, 0.15) is 22.6 Å². The molecule has 1 aromatic rings. The SMILES string of the molecule is CNCCCC(=O)N(C)Cc1ccc(C)s1.Cl. The van der Waals surface area contributed by atoms with Crippen molar-refractivity contribution in [2.75, 3.05) is 20.6 Å². The molecule has 1 heterocycles. The molecule has 0 radical (unpaired) electrons. The van der Waals surface area contributed by atoms with Crippen LogP contribution in [0.4, 0.5) is 0 Å². The molecular weight excluding hydrogens is 256 g/mol. The van der Waals surface area contributed by atoms with E-state index in [2.05, 4.69) is 24.4 Å². The number of amides is 1. The van der Waals surface area contributed by atoms with E-state index in [1.165, 1.54) is 9.75 Å². The summed E-state index contributed by atoms with van der Waals surface area (Å²) in [6.45, 7) is 3.72. The third-order valence-electron chi connectivity index (χ3n) is 2.43. The lowest BCUT2D eigenvalue weighted by atomic mass is 10.2. The molecule has 0 aliphatic rings. The second kappa shape index (κ2) is 8.50. The largest absolute Gasteiger partial charge is 0.341 e. The highest BCUT2D eigenvalue weighted by Crippen LogP contribution is 2.16. The first-order chi connectivity index (χ1) is 7.63. The zero-order chi connectivity index (χ0) is 12.0. The lowest BCUT2D eigenvalue weighted by Crippen LogP contribution is -2.26. The minimum absolute atomic E-state index is 0. The van der Waals surface area contributed by atoms with Gasteiger partial charge in [0, 0.05) is 23.2 Å². The van der Waals surface area contributed by atoms with Gasteiger partial charge in [-0.1, -0.05) is 0 Å². The Balaban J connectivity index is 0.00000256.